The van der Waals surface area contributed by atoms with E-state index in [1.54, 1.807) is 27.4 Å². The van der Waals surface area contributed by atoms with Gasteiger partial charge in [0.25, 0.3) is 0 Å². The molecule has 0 spiro atoms. The summed E-state index contributed by atoms with van der Waals surface area (Å²) in [6.45, 7) is 22.5. The second kappa shape index (κ2) is 15.0. The third-order valence-corrected chi connectivity index (χ3v) is 8.92. The van der Waals surface area contributed by atoms with Crippen LogP contribution in [0, 0.1) is 17.4 Å². The summed E-state index contributed by atoms with van der Waals surface area (Å²) >= 11 is 1.69. The molecule has 0 aliphatic heterocycles. The molecular weight excluding hydrogens is 607 g/mol. The first kappa shape index (κ1) is 37.1. The molecule has 0 radical (unpaired) electrons. The van der Waals surface area contributed by atoms with Crippen LogP contribution in [0.3, 0.4) is 0 Å². The zero-order valence-electron chi connectivity index (χ0n) is 26.6. The summed E-state index contributed by atoms with van der Waals surface area (Å²) in [7, 11) is 0. The Labute approximate surface area is 273 Å². The van der Waals surface area contributed by atoms with Gasteiger partial charge in [0.2, 0.25) is 0 Å². The van der Waals surface area contributed by atoms with Crippen molar-refractivity contribution < 1.29 is 49.0 Å². The first-order chi connectivity index (χ1) is 17.6. The van der Waals surface area contributed by atoms with Crippen LogP contribution in [0.15, 0.2) is 60.2 Å². The molecule has 3 heteroatoms. The van der Waals surface area contributed by atoms with E-state index in [-0.39, 0.29) is 35.6 Å². The van der Waals surface area contributed by atoms with Crippen LogP contribution in [0.2, 0.25) is 0 Å². The van der Waals surface area contributed by atoms with E-state index in [0.29, 0.717) is 11.3 Å². The van der Waals surface area contributed by atoms with Crippen molar-refractivity contribution in [2.75, 3.05) is 0 Å². The normalized spacial score (nSPS) is 17.2. The SMILES string of the molecule is CC(C)(C)c1ccc2[cH-]c3ccc(C(C)(C)C)cc3c2c1.CC1[C-]=CC(C(C)(C)C)=C1.[Cl-].[Cl-].[Zr+2]=[C]1CCCCC1. The second-order valence-corrected chi connectivity index (χ2v) is 16.1. The molecule has 0 amide bonds. The maximum absolute atomic E-state index is 3.26. The summed E-state index contributed by atoms with van der Waals surface area (Å²) in [5, 5.41) is 5.49. The monoisotopic (exact) mass is 654 g/mol. The summed E-state index contributed by atoms with van der Waals surface area (Å²) in [4.78, 5) is 0. The quantitative estimate of drug-likeness (QED) is 0.301. The average Bonchev–Trinajstić information content (AvgIpc) is 3.42. The van der Waals surface area contributed by atoms with E-state index in [2.05, 4.69) is 130 Å². The number of fused-ring (bicyclic) bond motifs is 3. The van der Waals surface area contributed by atoms with Crippen LogP contribution in [0.4, 0.5) is 0 Å². The Morgan fingerprint density at radius 1 is 0.700 bits per heavy atom. The molecule has 0 aromatic heterocycles. The molecule has 0 N–H and O–H groups in total. The minimum absolute atomic E-state index is 0. The molecule has 0 nitrogen and oxygen atoms in total. The van der Waals surface area contributed by atoms with Gasteiger partial charge in [0.15, 0.2) is 0 Å². The first-order valence-corrected chi connectivity index (χ1v) is 15.8. The van der Waals surface area contributed by atoms with Gasteiger partial charge >= 0.3 is 59.5 Å². The van der Waals surface area contributed by atoms with E-state index in [1.807, 2.05) is 0 Å². The van der Waals surface area contributed by atoms with Crippen molar-refractivity contribution in [2.45, 2.75) is 112 Å². The Bertz CT molecular complexity index is 1240. The van der Waals surface area contributed by atoms with E-state index >= 15 is 0 Å². The number of benzene rings is 2. The Balaban J connectivity index is 0.000000351. The van der Waals surface area contributed by atoms with E-state index in [9.17, 15) is 0 Å². The summed E-state index contributed by atoms with van der Waals surface area (Å²) in [5.41, 5.74) is 4.92. The minimum atomic E-state index is 0. The number of hydrogen-bond acceptors (Lipinski definition) is 0. The third-order valence-electron chi connectivity index (χ3n) is 7.69. The summed E-state index contributed by atoms with van der Waals surface area (Å²) in [6.07, 6.45) is 15.0. The van der Waals surface area contributed by atoms with Gasteiger partial charge in [-0.25, -0.2) is 6.08 Å². The van der Waals surface area contributed by atoms with Crippen LogP contribution in [0.25, 0.3) is 21.5 Å². The molecule has 2 aliphatic carbocycles. The fraction of sp³-hybridized carbons (Fsp3) is 0.514. The van der Waals surface area contributed by atoms with Crippen molar-refractivity contribution in [1.29, 1.82) is 0 Å². The number of hydrogen-bond donors (Lipinski definition) is 0. The van der Waals surface area contributed by atoms with Gasteiger partial charge in [-0.1, -0.05) is 116 Å². The molecule has 1 fully saturated rings. The Morgan fingerprint density at radius 3 is 1.43 bits per heavy atom. The van der Waals surface area contributed by atoms with Crippen molar-refractivity contribution >= 4 is 24.8 Å². The van der Waals surface area contributed by atoms with Gasteiger partial charge < -0.3 is 24.8 Å². The molecule has 218 valence electrons. The molecular formula is C37H50Cl2Zr-2. The molecule has 0 saturated heterocycles. The van der Waals surface area contributed by atoms with Gasteiger partial charge in [0.1, 0.15) is 0 Å². The predicted octanol–water partition coefficient (Wildman–Crippen LogP) is 4.95. The van der Waals surface area contributed by atoms with Crippen LogP contribution >= 0.6 is 0 Å². The van der Waals surface area contributed by atoms with Crippen molar-refractivity contribution in [3.63, 3.8) is 0 Å². The Morgan fingerprint density at radius 2 is 1.15 bits per heavy atom. The van der Waals surface area contributed by atoms with Crippen molar-refractivity contribution in [3.8, 4) is 0 Å². The van der Waals surface area contributed by atoms with Gasteiger partial charge in [0.05, 0.1) is 0 Å². The molecule has 3 aromatic carbocycles. The van der Waals surface area contributed by atoms with Crippen LogP contribution in [-0.4, -0.2) is 3.21 Å². The zero-order valence-corrected chi connectivity index (χ0v) is 30.5. The second-order valence-electron chi connectivity index (χ2n) is 14.4. The molecule has 3 aromatic rings. The predicted molar refractivity (Wildman–Crippen MR) is 167 cm³/mol. The molecule has 1 saturated carbocycles. The van der Waals surface area contributed by atoms with Crippen LogP contribution in [0.1, 0.15) is 112 Å². The van der Waals surface area contributed by atoms with Gasteiger partial charge in [0, 0.05) is 0 Å². The Hall–Kier alpha value is -0.877. The zero-order chi connectivity index (χ0) is 28.3. The average molecular weight is 657 g/mol. The van der Waals surface area contributed by atoms with Crippen LogP contribution < -0.4 is 24.8 Å². The van der Waals surface area contributed by atoms with Gasteiger partial charge in [-0.15, -0.1) is 39.7 Å². The summed E-state index contributed by atoms with van der Waals surface area (Å²) in [5.74, 6) is 0.522. The van der Waals surface area contributed by atoms with Gasteiger partial charge in [-0.2, -0.15) is 11.6 Å². The Kier molecular flexibility index (Phi) is 14.0. The molecule has 1 atom stereocenters. The summed E-state index contributed by atoms with van der Waals surface area (Å²) < 4.78 is 1.80. The molecule has 0 bridgehead atoms. The van der Waals surface area contributed by atoms with Gasteiger partial charge in [-0.3, -0.25) is 6.08 Å². The summed E-state index contributed by atoms with van der Waals surface area (Å²) in [6, 6.07) is 16.1. The van der Waals surface area contributed by atoms with E-state index < -0.39 is 0 Å². The van der Waals surface area contributed by atoms with Crippen LogP contribution in [0.5, 0.6) is 0 Å². The first-order valence-electron chi connectivity index (χ1n) is 14.6. The van der Waals surface area contributed by atoms with Crippen molar-refractivity contribution in [2.24, 2.45) is 11.3 Å². The standard InChI is InChI=1S/C21H25.C10H15.C6H10.2ClH.Zr/c1-20(2,3)16-9-7-14-11-15-8-10-17(21(4,5)6)13-19(15)18(14)12-16;1-8-5-6-9(7-8)10(2,3)4;1-2-4-6-5-3-1;;;/h7-13H,1-6H3;6-8H,1-4H3;1-5H2;2*1H;/q2*-1;;;;+2/p-2. The molecule has 40 heavy (non-hydrogen) atoms. The van der Waals surface area contributed by atoms with Crippen molar-refractivity contribution in [1.82, 2.24) is 0 Å². The van der Waals surface area contributed by atoms with E-state index in [0.717, 1.165) is 0 Å². The third kappa shape index (κ3) is 10.4. The molecule has 0 heterocycles. The van der Waals surface area contributed by atoms with Crippen LogP contribution in [-0.2, 0) is 35.1 Å². The van der Waals surface area contributed by atoms with Crippen molar-refractivity contribution in [3.05, 3.63) is 77.4 Å². The van der Waals surface area contributed by atoms with E-state index in [4.69, 9.17) is 0 Å². The molecule has 5 rings (SSSR count). The van der Waals surface area contributed by atoms with E-state index in [1.165, 1.54) is 70.3 Å². The fourth-order valence-corrected chi connectivity index (χ4v) is 5.83. The number of rotatable bonds is 0. The van der Waals surface area contributed by atoms with Gasteiger partial charge in [-0.05, 0) is 10.8 Å². The maximum atomic E-state index is 3.26. The molecule has 1 unspecified atom stereocenters. The number of halogens is 2. The molecule has 2 aliphatic rings. The topological polar surface area (TPSA) is 0 Å². The number of allylic oxidation sites excluding steroid dienone is 4. The fourth-order valence-electron chi connectivity index (χ4n) is 4.96.